The Hall–Kier alpha value is -0.540. The number of rotatable bonds is 4. The maximum absolute atomic E-state index is 11.3. The predicted octanol–water partition coefficient (Wildman–Crippen LogP) is 3.76. The Kier molecular flexibility index (Phi) is 4.61. The second kappa shape index (κ2) is 5.52. The summed E-state index contributed by atoms with van der Waals surface area (Å²) >= 11 is 9.35. The van der Waals surface area contributed by atoms with Crippen molar-refractivity contribution in [1.82, 2.24) is 0 Å². The van der Waals surface area contributed by atoms with E-state index in [1.807, 2.05) is 13.0 Å². The highest BCUT2D eigenvalue weighted by atomic mass is 79.9. The summed E-state index contributed by atoms with van der Waals surface area (Å²) < 4.78 is 5.42. The van der Waals surface area contributed by atoms with E-state index in [1.54, 1.807) is 12.1 Å². The summed E-state index contributed by atoms with van der Waals surface area (Å²) in [7, 11) is 0. The van der Waals surface area contributed by atoms with Gasteiger partial charge in [0.05, 0.1) is 6.61 Å². The van der Waals surface area contributed by atoms with E-state index in [0.717, 1.165) is 0 Å². The molecule has 0 amide bonds. The molecular formula is C11H12BrClO2. The third-order valence-electron chi connectivity index (χ3n) is 1.92. The standard InChI is InChI=1S/C11H12BrClO2/c1-3-15-9-6-4-5-8(13)10(9)11(12)7(2)14/h4-6,11H,3H2,1-2H3. The summed E-state index contributed by atoms with van der Waals surface area (Å²) in [6, 6.07) is 5.36. The van der Waals surface area contributed by atoms with Gasteiger partial charge in [-0.05, 0) is 26.0 Å². The summed E-state index contributed by atoms with van der Waals surface area (Å²) in [5.41, 5.74) is 0.702. The van der Waals surface area contributed by atoms with Crippen LogP contribution in [0.5, 0.6) is 5.75 Å². The van der Waals surface area contributed by atoms with Gasteiger partial charge in [0.15, 0.2) is 0 Å². The van der Waals surface area contributed by atoms with E-state index in [1.165, 1.54) is 6.92 Å². The largest absolute Gasteiger partial charge is 0.493 e. The van der Waals surface area contributed by atoms with Crippen LogP contribution in [-0.4, -0.2) is 12.4 Å². The number of ketones is 1. The fourth-order valence-electron chi connectivity index (χ4n) is 1.25. The molecule has 82 valence electrons. The Bertz CT molecular complexity index is 366. The van der Waals surface area contributed by atoms with Gasteiger partial charge in [-0.1, -0.05) is 33.6 Å². The van der Waals surface area contributed by atoms with Gasteiger partial charge in [-0.15, -0.1) is 0 Å². The number of benzene rings is 1. The van der Waals surface area contributed by atoms with Gasteiger partial charge in [-0.2, -0.15) is 0 Å². The minimum absolute atomic E-state index is 0.00375. The molecule has 0 heterocycles. The lowest BCUT2D eigenvalue weighted by Gasteiger charge is -2.14. The van der Waals surface area contributed by atoms with Crippen molar-refractivity contribution in [1.29, 1.82) is 0 Å². The van der Waals surface area contributed by atoms with Gasteiger partial charge >= 0.3 is 0 Å². The van der Waals surface area contributed by atoms with Gasteiger partial charge < -0.3 is 4.74 Å². The number of carbonyl (C=O) groups excluding carboxylic acids is 1. The van der Waals surface area contributed by atoms with Gasteiger partial charge in [0.2, 0.25) is 0 Å². The molecule has 0 aromatic heterocycles. The second-order valence-electron chi connectivity index (χ2n) is 3.06. The van der Waals surface area contributed by atoms with Gasteiger partial charge in [0.25, 0.3) is 0 Å². The van der Waals surface area contributed by atoms with Gasteiger partial charge in [0, 0.05) is 10.6 Å². The minimum atomic E-state index is -0.409. The van der Waals surface area contributed by atoms with Crippen LogP contribution in [0.1, 0.15) is 24.2 Å². The summed E-state index contributed by atoms with van der Waals surface area (Å²) in [6.45, 7) is 3.95. The molecule has 0 aliphatic heterocycles. The summed E-state index contributed by atoms with van der Waals surface area (Å²) in [5.74, 6) is 0.658. The molecule has 0 bridgehead atoms. The van der Waals surface area contributed by atoms with Crippen LogP contribution in [-0.2, 0) is 4.79 Å². The molecule has 1 rings (SSSR count). The second-order valence-corrected chi connectivity index (χ2v) is 4.38. The highest BCUT2D eigenvalue weighted by Crippen LogP contribution is 2.37. The highest BCUT2D eigenvalue weighted by molar-refractivity contribution is 9.09. The smallest absolute Gasteiger partial charge is 0.148 e. The van der Waals surface area contributed by atoms with E-state index >= 15 is 0 Å². The lowest BCUT2D eigenvalue weighted by atomic mass is 10.1. The van der Waals surface area contributed by atoms with Gasteiger partial charge in [0.1, 0.15) is 16.4 Å². The number of halogens is 2. The van der Waals surface area contributed by atoms with Crippen molar-refractivity contribution >= 4 is 33.3 Å². The molecule has 1 atom stereocenters. The Morgan fingerprint density at radius 3 is 2.80 bits per heavy atom. The molecule has 1 aromatic carbocycles. The molecule has 1 unspecified atom stereocenters. The molecule has 0 saturated carbocycles. The van der Waals surface area contributed by atoms with E-state index in [9.17, 15) is 4.79 Å². The van der Waals surface area contributed by atoms with Gasteiger partial charge in [-0.25, -0.2) is 0 Å². The Labute approximate surface area is 103 Å². The highest BCUT2D eigenvalue weighted by Gasteiger charge is 2.20. The quantitative estimate of drug-likeness (QED) is 0.790. The van der Waals surface area contributed by atoms with E-state index in [4.69, 9.17) is 16.3 Å². The van der Waals surface area contributed by atoms with Crippen molar-refractivity contribution in [2.75, 3.05) is 6.61 Å². The van der Waals surface area contributed by atoms with Crippen LogP contribution in [0.4, 0.5) is 0 Å². The molecule has 2 nitrogen and oxygen atoms in total. The fourth-order valence-corrected chi connectivity index (χ4v) is 2.13. The number of alkyl halides is 1. The number of Topliss-reactive ketones (excluding diaryl/α,β-unsaturated/α-hetero) is 1. The Morgan fingerprint density at radius 1 is 1.60 bits per heavy atom. The van der Waals surface area contributed by atoms with Gasteiger partial charge in [-0.3, -0.25) is 4.79 Å². The monoisotopic (exact) mass is 290 g/mol. The lowest BCUT2D eigenvalue weighted by molar-refractivity contribution is -0.116. The molecule has 0 aliphatic carbocycles. The van der Waals surface area contributed by atoms with E-state index in [2.05, 4.69) is 15.9 Å². The fraction of sp³-hybridized carbons (Fsp3) is 0.364. The predicted molar refractivity (Wildman–Crippen MR) is 65.0 cm³/mol. The number of hydrogen-bond acceptors (Lipinski definition) is 2. The van der Waals surface area contributed by atoms with Crippen molar-refractivity contribution in [3.63, 3.8) is 0 Å². The lowest BCUT2D eigenvalue weighted by Crippen LogP contribution is -2.05. The molecule has 0 saturated heterocycles. The average molecular weight is 292 g/mol. The molecular weight excluding hydrogens is 279 g/mol. The number of carbonyl (C=O) groups is 1. The Balaban J connectivity index is 3.17. The van der Waals surface area contributed by atoms with Crippen LogP contribution in [0.25, 0.3) is 0 Å². The van der Waals surface area contributed by atoms with E-state index in [0.29, 0.717) is 22.9 Å². The first-order valence-electron chi connectivity index (χ1n) is 4.63. The first kappa shape index (κ1) is 12.5. The normalized spacial score (nSPS) is 12.3. The molecule has 0 fully saturated rings. The summed E-state index contributed by atoms with van der Waals surface area (Å²) in [5, 5.41) is 0.540. The van der Waals surface area contributed by atoms with Crippen molar-refractivity contribution < 1.29 is 9.53 Å². The maximum Gasteiger partial charge on any atom is 0.148 e. The van der Waals surface area contributed by atoms with Crippen LogP contribution in [0.2, 0.25) is 5.02 Å². The van der Waals surface area contributed by atoms with Crippen molar-refractivity contribution in [2.45, 2.75) is 18.7 Å². The third kappa shape index (κ3) is 2.95. The zero-order chi connectivity index (χ0) is 11.4. The SMILES string of the molecule is CCOc1cccc(Cl)c1C(Br)C(C)=O. The molecule has 0 aliphatic rings. The molecule has 15 heavy (non-hydrogen) atoms. The topological polar surface area (TPSA) is 26.3 Å². The Morgan fingerprint density at radius 2 is 2.27 bits per heavy atom. The van der Waals surface area contributed by atoms with E-state index in [-0.39, 0.29) is 5.78 Å². The molecule has 4 heteroatoms. The van der Waals surface area contributed by atoms with Crippen LogP contribution in [0.15, 0.2) is 18.2 Å². The van der Waals surface area contributed by atoms with Crippen LogP contribution in [0.3, 0.4) is 0 Å². The first-order valence-corrected chi connectivity index (χ1v) is 5.93. The molecule has 1 aromatic rings. The average Bonchev–Trinajstić information content (AvgIpc) is 2.17. The van der Waals surface area contributed by atoms with Crippen LogP contribution in [0, 0.1) is 0 Å². The number of hydrogen-bond donors (Lipinski definition) is 0. The van der Waals surface area contributed by atoms with E-state index < -0.39 is 4.83 Å². The third-order valence-corrected chi connectivity index (χ3v) is 3.36. The van der Waals surface area contributed by atoms with Crippen molar-refractivity contribution in [3.8, 4) is 5.75 Å². The van der Waals surface area contributed by atoms with Crippen molar-refractivity contribution in [2.24, 2.45) is 0 Å². The van der Waals surface area contributed by atoms with Crippen molar-refractivity contribution in [3.05, 3.63) is 28.8 Å². The minimum Gasteiger partial charge on any atom is -0.493 e. The maximum atomic E-state index is 11.3. The van der Waals surface area contributed by atoms with Crippen LogP contribution >= 0.6 is 27.5 Å². The summed E-state index contributed by atoms with van der Waals surface area (Å²) in [6.07, 6.45) is 0. The first-order chi connectivity index (χ1) is 7.07. The zero-order valence-corrected chi connectivity index (χ0v) is 10.9. The molecule has 0 N–H and O–H groups in total. The zero-order valence-electron chi connectivity index (χ0n) is 8.59. The number of ether oxygens (including phenoxy) is 1. The molecule has 0 radical (unpaired) electrons. The summed E-state index contributed by atoms with van der Waals surface area (Å²) in [4.78, 5) is 10.9. The van der Waals surface area contributed by atoms with Crippen LogP contribution < -0.4 is 4.74 Å². The molecule has 0 spiro atoms.